The van der Waals surface area contributed by atoms with Crippen LogP contribution in [0.3, 0.4) is 0 Å². The van der Waals surface area contributed by atoms with Crippen LogP contribution in [0.25, 0.3) is 0 Å². The number of nitrogens with two attached hydrogens (primary N) is 1. The fraction of sp³-hybridized carbons (Fsp3) is 0.414. The molecule has 3 aliphatic rings. The van der Waals surface area contributed by atoms with Crippen LogP contribution in [0.2, 0.25) is 0 Å². The molecule has 2 fully saturated rings. The number of nitrogens with one attached hydrogen (secondary N) is 2. The summed E-state index contributed by atoms with van der Waals surface area (Å²) in [7, 11) is 0. The molecule has 0 spiro atoms. The first kappa shape index (κ1) is 26.6. The zero-order valence-electron chi connectivity index (χ0n) is 21.6. The van der Waals surface area contributed by atoms with Gasteiger partial charge in [0.25, 0.3) is 5.91 Å². The van der Waals surface area contributed by atoms with Crippen LogP contribution in [0.15, 0.2) is 48.5 Å². The Morgan fingerprint density at radius 2 is 1.79 bits per heavy atom. The Bertz CT molecular complexity index is 1290. The van der Waals surface area contributed by atoms with Crippen LogP contribution in [-0.2, 0) is 37.0 Å². The van der Waals surface area contributed by atoms with Crippen LogP contribution in [-0.4, -0.2) is 52.7 Å². The monoisotopic (exact) mass is 532 g/mol. The summed E-state index contributed by atoms with van der Waals surface area (Å²) in [5, 5.41) is 5.22. The molecule has 1 aliphatic carbocycles. The van der Waals surface area contributed by atoms with Crippen LogP contribution in [0.1, 0.15) is 71.5 Å². The molecule has 2 aromatic rings. The Morgan fingerprint density at radius 3 is 2.49 bits per heavy atom. The second-order valence-electron chi connectivity index (χ2n) is 10.4. The molecule has 10 nitrogen and oxygen atoms in total. The largest absolute Gasteiger partial charge is 0.367 e. The number of piperidine rings is 1. The highest BCUT2D eigenvalue weighted by Crippen LogP contribution is 2.30. The van der Waals surface area contributed by atoms with E-state index in [2.05, 4.69) is 10.6 Å². The molecule has 204 valence electrons. The van der Waals surface area contributed by atoms with E-state index in [1.165, 1.54) is 4.90 Å². The van der Waals surface area contributed by atoms with E-state index in [-0.39, 0.29) is 49.8 Å². The normalized spacial score (nSPS) is 20.9. The van der Waals surface area contributed by atoms with Crippen molar-refractivity contribution in [2.24, 2.45) is 5.73 Å². The van der Waals surface area contributed by atoms with Crippen LogP contribution in [0.4, 0.5) is 0 Å². The summed E-state index contributed by atoms with van der Waals surface area (Å²) in [6, 6.07) is 13.6. The van der Waals surface area contributed by atoms with Crippen LogP contribution < -0.4 is 16.4 Å². The third-order valence-electron chi connectivity index (χ3n) is 7.72. The van der Waals surface area contributed by atoms with Crippen molar-refractivity contribution in [2.45, 2.75) is 75.8 Å². The molecule has 10 heteroatoms. The van der Waals surface area contributed by atoms with E-state index in [1.54, 1.807) is 36.4 Å². The maximum atomic E-state index is 13.5. The fourth-order valence-corrected chi connectivity index (χ4v) is 5.70. The molecule has 0 bridgehead atoms. The van der Waals surface area contributed by atoms with Crippen molar-refractivity contribution in [3.05, 3.63) is 70.8 Å². The Kier molecular flexibility index (Phi) is 7.74. The van der Waals surface area contributed by atoms with Crippen molar-refractivity contribution in [1.29, 1.82) is 0 Å². The molecule has 1 saturated heterocycles. The summed E-state index contributed by atoms with van der Waals surface area (Å²) in [6.07, 6.45) is 2.96. The molecule has 4 N–H and O–H groups in total. The van der Waals surface area contributed by atoms with E-state index in [9.17, 15) is 24.0 Å². The predicted octanol–water partition coefficient (Wildman–Crippen LogP) is 1.66. The average Bonchev–Trinajstić information content (AvgIpc) is 3.55. The van der Waals surface area contributed by atoms with Gasteiger partial charge < -0.3 is 20.7 Å². The summed E-state index contributed by atoms with van der Waals surface area (Å²) in [4.78, 5) is 64.2. The zero-order valence-corrected chi connectivity index (χ0v) is 21.6. The lowest BCUT2D eigenvalue weighted by Crippen LogP contribution is -2.52. The number of amides is 5. The lowest BCUT2D eigenvalue weighted by atomic mass is 9.91. The maximum absolute atomic E-state index is 13.5. The molecular formula is C29H32N4O6. The summed E-state index contributed by atoms with van der Waals surface area (Å²) in [5.41, 5.74) is 8.38. The van der Waals surface area contributed by atoms with Crippen molar-refractivity contribution in [2.75, 3.05) is 0 Å². The third-order valence-corrected chi connectivity index (χ3v) is 7.72. The van der Waals surface area contributed by atoms with Crippen molar-refractivity contribution in [1.82, 2.24) is 15.5 Å². The summed E-state index contributed by atoms with van der Waals surface area (Å²) in [5.74, 6) is -3.04. The van der Waals surface area contributed by atoms with Gasteiger partial charge in [-0.3, -0.25) is 29.3 Å². The highest BCUT2D eigenvalue weighted by molar-refractivity contribution is 6.05. The summed E-state index contributed by atoms with van der Waals surface area (Å²) >= 11 is 0. The van der Waals surface area contributed by atoms with Gasteiger partial charge >= 0.3 is 0 Å². The molecule has 1 saturated carbocycles. The van der Waals surface area contributed by atoms with E-state index < -0.39 is 29.9 Å². The van der Waals surface area contributed by atoms with Gasteiger partial charge in [-0.05, 0) is 42.0 Å². The molecule has 0 aromatic heterocycles. The number of rotatable bonds is 9. The van der Waals surface area contributed by atoms with E-state index in [0.717, 1.165) is 36.8 Å². The van der Waals surface area contributed by atoms with Crippen molar-refractivity contribution in [3.8, 4) is 0 Å². The number of ether oxygens (including phenoxy) is 1. The molecular weight excluding hydrogens is 500 g/mol. The number of hydrogen-bond donors (Lipinski definition) is 3. The number of fused-ring (bicyclic) bond motifs is 1. The maximum Gasteiger partial charge on any atom is 0.255 e. The number of nitrogens with zero attached hydrogens (tertiary/aromatic N) is 1. The molecule has 5 amide bonds. The molecule has 2 heterocycles. The lowest BCUT2D eigenvalue weighted by Gasteiger charge is -2.29. The Hall–Kier alpha value is -4.05. The number of carbonyl (C=O) groups is 5. The van der Waals surface area contributed by atoms with Gasteiger partial charge in [0.05, 0.1) is 12.0 Å². The average molecular weight is 533 g/mol. The number of carbonyl (C=O) groups excluding carboxylic acids is 5. The lowest BCUT2D eigenvalue weighted by molar-refractivity contribution is -0.142. The number of hydrogen-bond acceptors (Lipinski definition) is 6. The van der Waals surface area contributed by atoms with E-state index >= 15 is 0 Å². The first-order chi connectivity index (χ1) is 18.8. The first-order valence-corrected chi connectivity index (χ1v) is 13.4. The molecule has 2 aliphatic heterocycles. The molecule has 2 unspecified atom stereocenters. The number of benzene rings is 2. The zero-order chi connectivity index (χ0) is 27.5. The van der Waals surface area contributed by atoms with E-state index in [1.807, 2.05) is 12.1 Å². The van der Waals surface area contributed by atoms with Gasteiger partial charge in [0, 0.05) is 25.1 Å². The van der Waals surface area contributed by atoms with Crippen LogP contribution in [0, 0.1) is 0 Å². The van der Waals surface area contributed by atoms with E-state index in [4.69, 9.17) is 10.5 Å². The van der Waals surface area contributed by atoms with Gasteiger partial charge in [-0.25, -0.2) is 0 Å². The van der Waals surface area contributed by atoms with Gasteiger partial charge in [-0.15, -0.1) is 0 Å². The predicted molar refractivity (Wildman–Crippen MR) is 140 cm³/mol. The fourth-order valence-electron chi connectivity index (χ4n) is 5.70. The SMILES string of the molecule is NC(=O)C(OC1CCCC1)[C@@H](C(=O)NCc1ccc2c(c1)CN(C1CCC(=O)NC1=O)C2=O)c1ccccc1. The second-order valence-corrected chi connectivity index (χ2v) is 10.4. The molecule has 5 rings (SSSR count). The minimum Gasteiger partial charge on any atom is -0.367 e. The summed E-state index contributed by atoms with van der Waals surface area (Å²) < 4.78 is 6.09. The molecule has 0 radical (unpaired) electrons. The van der Waals surface area contributed by atoms with E-state index in [0.29, 0.717) is 11.1 Å². The van der Waals surface area contributed by atoms with Crippen LogP contribution >= 0.6 is 0 Å². The number of primary amides is 1. The topological polar surface area (TPSA) is 148 Å². The number of imide groups is 1. The molecule has 2 aromatic carbocycles. The van der Waals surface area contributed by atoms with Crippen molar-refractivity contribution < 1.29 is 28.7 Å². The van der Waals surface area contributed by atoms with Gasteiger partial charge in [0.15, 0.2) is 6.10 Å². The van der Waals surface area contributed by atoms with Gasteiger partial charge in [0.2, 0.25) is 23.6 Å². The molecule has 3 atom stereocenters. The van der Waals surface area contributed by atoms with Crippen LogP contribution in [0.5, 0.6) is 0 Å². The standard InChI is InChI=1S/C29H32N4O6/c30-26(35)25(39-20-8-4-5-9-20)24(18-6-2-1-3-7-18)28(37)31-15-17-10-11-21-19(14-17)16-33(29(21)38)22-12-13-23(34)32-27(22)36/h1-3,6-7,10-11,14,20,22,24-25H,4-5,8-9,12-13,15-16H2,(H2,30,35)(H,31,37)(H,32,34,36)/t22?,24-,25?/m0/s1. The third kappa shape index (κ3) is 5.70. The second kappa shape index (κ2) is 11.4. The molecule has 39 heavy (non-hydrogen) atoms. The highest BCUT2D eigenvalue weighted by Gasteiger charge is 2.40. The minimum atomic E-state index is -1.10. The van der Waals surface area contributed by atoms with Crippen molar-refractivity contribution >= 4 is 29.5 Å². The van der Waals surface area contributed by atoms with Gasteiger partial charge in [-0.1, -0.05) is 55.3 Å². The smallest absolute Gasteiger partial charge is 0.255 e. The first-order valence-electron chi connectivity index (χ1n) is 13.4. The Morgan fingerprint density at radius 1 is 1.05 bits per heavy atom. The van der Waals surface area contributed by atoms with Gasteiger partial charge in [-0.2, -0.15) is 0 Å². The highest BCUT2D eigenvalue weighted by atomic mass is 16.5. The quantitative estimate of drug-likeness (QED) is 0.419. The summed E-state index contributed by atoms with van der Waals surface area (Å²) in [6.45, 7) is 0.408. The Balaban J connectivity index is 1.30. The Labute approximate surface area is 226 Å². The van der Waals surface area contributed by atoms with Crippen molar-refractivity contribution in [3.63, 3.8) is 0 Å². The van der Waals surface area contributed by atoms with Gasteiger partial charge in [0.1, 0.15) is 6.04 Å². The minimum absolute atomic E-state index is 0.108.